The second kappa shape index (κ2) is 32.2. The van der Waals surface area contributed by atoms with Crippen LogP contribution in [0.4, 0.5) is 0 Å². The Labute approximate surface area is 667 Å². The second-order valence-electron chi connectivity index (χ2n) is 29.7. The molecule has 4 aromatic carbocycles. The molecule has 0 bridgehead atoms. The zero-order valence-electron chi connectivity index (χ0n) is 60.0. The standard InChI is InChI=1S/4C19H19ClN4O3S/c4*20-16-11-14(24-9-1-8-22-24)3-5-17(16)28(26,27)15-4-2-13(10-15)18(25)23-19(12-21)6-7-19/h4*1,3,5,8-9,11,13,15H,2,4,6-7,10H2,(H,23,25)/t2*13-,15+;2*13-,15-/m1010/s1. The highest BCUT2D eigenvalue weighted by atomic mass is 35.5. The minimum Gasteiger partial charge on any atom is -0.338 e. The number of carbonyl (C=O) groups excluding carboxylic acids is 4. The van der Waals surface area contributed by atoms with Crippen LogP contribution in [-0.2, 0) is 58.5 Å². The van der Waals surface area contributed by atoms with Crippen molar-refractivity contribution in [2.24, 2.45) is 23.7 Å². The number of rotatable bonds is 20. The molecule has 112 heavy (non-hydrogen) atoms. The summed E-state index contributed by atoms with van der Waals surface area (Å²) in [5.41, 5.74) is -0.265. The van der Waals surface area contributed by atoms with Crippen LogP contribution in [0.3, 0.4) is 0 Å². The molecule has 8 atom stereocenters. The Bertz CT molecular complexity index is 4910. The molecule has 8 aliphatic rings. The average molecular weight is 1680 g/mol. The smallest absolute Gasteiger partial charge is 0.224 e. The number of nitrogens with one attached hydrogen (secondary N) is 4. The molecule has 8 aliphatic carbocycles. The normalized spacial score (nSPS) is 23.1. The summed E-state index contributed by atoms with van der Waals surface area (Å²) in [7, 11) is -14.6. The zero-order chi connectivity index (χ0) is 79.8. The van der Waals surface area contributed by atoms with Gasteiger partial charge in [0.2, 0.25) is 23.6 Å². The van der Waals surface area contributed by atoms with Crippen molar-refractivity contribution in [2.45, 2.75) is 191 Å². The number of nitriles is 4. The van der Waals surface area contributed by atoms with Crippen LogP contribution in [0.5, 0.6) is 0 Å². The predicted molar refractivity (Wildman–Crippen MR) is 410 cm³/mol. The first-order valence-electron chi connectivity index (χ1n) is 36.5. The van der Waals surface area contributed by atoms with Crippen LogP contribution >= 0.6 is 46.4 Å². The van der Waals surface area contributed by atoms with Crippen molar-refractivity contribution in [3.05, 3.63) is 167 Å². The molecule has 0 radical (unpaired) electrons. The Hall–Kier alpha value is -9.48. The summed E-state index contributed by atoms with van der Waals surface area (Å²) in [6.07, 6.45) is 23.2. The molecule has 0 aliphatic heterocycles. The lowest BCUT2D eigenvalue weighted by Crippen LogP contribution is -2.39. The van der Waals surface area contributed by atoms with Gasteiger partial charge in [0.1, 0.15) is 22.2 Å². The van der Waals surface area contributed by atoms with Crippen molar-refractivity contribution >= 4 is 109 Å². The average Bonchev–Trinajstić information content (AvgIpc) is 1.46. The molecule has 36 heteroatoms. The highest BCUT2D eigenvalue weighted by molar-refractivity contribution is 7.93. The molecule has 8 saturated carbocycles. The zero-order valence-corrected chi connectivity index (χ0v) is 66.3. The van der Waals surface area contributed by atoms with Crippen LogP contribution in [0.2, 0.25) is 20.1 Å². The number of sulfone groups is 4. The van der Waals surface area contributed by atoms with Crippen LogP contribution in [-0.4, -0.2) is 140 Å². The Morgan fingerprint density at radius 1 is 0.339 bits per heavy atom. The van der Waals surface area contributed by atoms with Gasteiger partial charge in [-0.05, 0) is 225 Å². The van der Waals surface area contributed by atoms with Gasteiger partial charge < -0.3 is 21.3 Å². The van der Waals surface area contributed by atoms with Crippen LogP contribution < -0.4 is 21.3 Å². The van der Waals surface area contributed by atoms with E-state index in [4.69, 9.17) is 67.5 Å². The molecule has 4 heterocycles. The van der Waals surface area contributed by atoms with Gasteiger partial charge in [-0.25, -0.2) is 52.4 Å². The number of aromatic nitrogens is 8. The number of hydrogen-bond donors (Lipinski definition) is 4. The van der Waals surface area contributed by atoms with Gasteiger partial charge in [-0.2, -0.15) is 41.4 Å². The number of nitrogens with zero attached hydrogens (tertiary/aromatic N) is 12. The summed E-state index contributed by atoms with van der Waals surface area (Å²) < 4.78 is 111. The summed E-state index contributed by atoms with van der Waals surface area (Å²) in [6, 6.07) is 34.5. The summed E-state index contributed by atoms with van der Waals surface area (Å²) in [5.74, 6) is -2.48. The van der Waals surface area contributed by atoms with Crippen LogP contribution in [0.25, 0.3) is 22.7 Å². The largest absolute Gasteiger partial charge is 0.338 e. The van der Waals surface area contributed by atoms with E-state index >= 15 is 0 Å². The van der Waals surface area contributed by atoms with Gasteiger partial charge in [0.25, 0.3) is 0 Å². The number of hydrogen-bond acceptors (Lipinski definition) is 20. The first-order chi connectivity index (χ1) is 53.4. The van der Waals surface area contributed by atoms with Crippen molar-refractivity contribution < 1.29 is 52.8 Å². The molecule has 0 spiro atoms. The Balaban J connectivity index is 0.000000131. The molecule has 584 valence electrons. The highest BCUT2D eigenvalue weighted by Crippen LogP contribution is 2.45. The van der Waals surface area contributed by atoms with Crippen LogP contribution in [0.15, 0.2) is 166 Å². The van der Waals surface area contributed by atoms with Crippen molar-refractivity contribution in [2.75, 3.05) is 0 Å². The van der Waals surface area contributed by atoms with E-state index in [0.29, 0.717) is 125 Å². The fourth-order valence-corrected chi connectivity index (χ4v) is 24.1. The van der Waals surface area contributed by atoms with E-state index in [2.05, 4.69) is 65.9 Å². The van der Waals surface area contributed by atoms with Crippen molar-refractivity contribution in [1.29, 1.82) is 21.0 Å². The van der Waals surface area contributed by atoms with Gasteiger partial charge in [0.05, 0.1) is 108 Å². The third-order valence-corrected chi connectivity index (χ3v) is 32.8. The third kappa shape index (κ3) is 17.5. The quantitative estimate of drug-likeness (QED) is 0.0550. The van der Waals surface area contributed by atoms with E-state index in [-0.39, 0.29) is 89.0 Å². The summed E-state index contributed by atoms with van der Waals surface area (Å²) in [6.45, 7) is 0. The minimum atomic E-state index is -3.66. The van der Waals surface area contributed by atoms with Gasteiger partial charge in [0, 0.05) is 73.2 Å². The maximum absolute atomic E-state index is 13.1. The molecular formula is C76H76Cl4N16O12S4. The Morgan fingerprint density at radius 3 is 0.688 bits per heavy atom. The molecular weight excluding hydrogens is 1600 g/mol. The minimum absolute atomic E-state index is 0.0758. The fraction of sp³-hybridized carbons (Fsp3) is 0.421. The molecule has 16 rings (SSSR count). The number of benzene rings is 4. The van der Waals surface area contributed by atoms with Crippen molar-refractivity contribution in [3.63, 3.8) is 0 Å². The number of halogens is 4. The van der Waals surface area contributed by atoms with Crippen molar-refractivity contribution in [3.8, 4) is 47.0 Å². The third-order valence-electron chi connectivity index (χ3n) is 22.0. The molecule has 0 saturated heterocycles. The fourth-order valence-electron chi connectivity index (χ4n) is 14.6. The molecule has 4 aromatic heterocycles. The van der Waals surface area contributed by atoms with Gasteiger partial charge in [0.15, 0.2) is 39.3 Å². The Kier molecular flexibility index (Phi) is 23.2. The van der Waals surface area contributed by atoms with E-state index in [1.807, 2.05) is 0 Å². The molecule has 28 nitrogen and oxygen atoms in total. The van der Waals surface area contributed by atoms with Gasteiger partial charge >= 0.3 is 0 Å². The summed E-state index contributed by atoms with van der Waals surface area (Å²) in [5, 5.41) is 61.9. The van der Waals surface area contributed by atoms with Gasteiger partial charge in [-0.3, -0.25) is 19.2 Å². The monoisotopic (exact) mass is 1670 g/mol. The maximum atomic E-state index is 13.1. The van der Waals surface area contributed by atoms with Gasteiger partial charge in [-0.1, -0.05) is 46.4 Å². The number of carbonyl (C=O) groups is 4. The summed E-state index contributed by atoms with van der Waals surface area (Å²) >= 11 is 25.1. The van der Waals surface area contributed by atoms with Crippen LogP contribution in [0.1, 0.15) is 128 Å². The topological polar surface area (TPSA) is 419 Å². The number of amides is 4. The van der Waals surface area contributed by atoms with E-state index in [0.717, 1.165) is 0 Å². The first kappa shape index (κ1) is 80.6. The maximum Gasteiger partial charge on any atom is 0.224 e. The van der Waals surface area contributed by atoms with Crippen LogP contribution in [0, 0.1) is 69.0 Å². The lowest BCUT2D eigenvalue weighted by molar-refractivity contribution is -0.126. The van der Waals surface area contributed by atoms with E-state index in [1.54, 1.807) is 141 Å². The molecule has 8 aromatic rings. The lowest BCUT2D eigenvalue weighted by atomic mass is 10.1. The molecule has 4 amide bonds. The first-order valence-corrected chi connectivity index (χ1v) is 44.2. The molecule has 4 N–H and O–H groups in total. The van der Waals surface area contributed by atoms with Gasteiger partial charge in [-0.15, -0.1) is 0 Å². The lowest BCUT2D eigenvalue weighted by Gasteiger charge is -2.16. The molecule has 8 fully saturated rings. The van der Waals surface area contributed by atoms with E-state index < -0.39 is 106 Å². The van der Waals surface area contributed by atoms with E-state index in [1.165, 1.54) is 24.3 Å². The second-order valence-corrected chi connectivity index (χ2v) is 40.1. The highest BCUT2D eigenvalue weighted by Gasteiger charge is 2.52. The summed E-state index contributed by atoms with van der Waals surface area (Å²) in [4.78, 5) is 50.0. The van der Waals surface area contributed by atoms with Crippen molar-refractivity contribution in [1.82, 2.24) is 60.4 Å². The van der Waals surface area contributed by atoms with E-state index in [9.17, 15) is 52.8 Å². The predicted octanol–water partition coefficient (Wildman–Crippen LogP) is 10.6. The SMILES string of the molecule is N#CC1(NC(=O)[C@@H]2CC[C@@H](S(=O)(=O)c3ccc(-n4cccn4)cc3Cl)C2)CC1.N#CC1(NC(=O)[C@@H]2CC[C@H](S(=O)(=O)c3ccc(-n4cccn4)cc3Cl)C2)CC1.N#CC1(NC(=O)[C@H]2CC[C@@H](S(=O)(=O)c3ccc(-n4cccn4)cc3Cl)C2)CC1.N#CC1(NC(=O)[C@H]2CC[C@H](S(=O)(=O)c3ccc(-n4cccn4)cc3Cl)C2)CC1. The molecule has 0 unspecified atom stereocenters. The Morgan fingerprint density at radius 2 is 0.536 bits per heavy atom.